The van der Waals surface area contributed by atoms with Crippen LogP contribution in [0.3, 0.4) is 0 Å². The zero-order chi connectivity index (χ0) is 14.2. The lowest BCUT2D eigenvalue weighted by molar-refractivity contribution is 0.0174. The molecule has 1 aliphatic heterocycles. The van der Waals surface area contributed by atoms with Gasteiger partial charge in [-0.2, -0.15) is 4.98 Å². The highest BCUT2D eigenvalue weighted by atomic mass is 31.2. The number of anilines is 1. The summed E-state index contributed by atoms with van der Waals surface area (Å²) in [7, 11) is -4.35. The summed E-state index contributed by atoms with van der Waals surface area (Å²) >= 11 is 0. The molecular weight excluding hydrogens is 273 g/mol. The van der Waals surface area contributed by atoms with Crippen LogP contribution in [0.4, 0.5) is 5.82 Å². The number of ether oxygens (including phenoxy) is 1. The van der Waals surface area contributed by atoms with E-state index in [4.69, 9.17) is 20.3 Å². The minimum Gasteiger partial charge on any atom is -0.383 e. The first-order valence-corrected chi connectivity index (χ1v) is 7.21. The fourth-order valence-corrected chi connectivity index (χ4v) is 2.55. The first kappa shape index (κ1) is 14.0. The zero-order valence-corrected chi connectivity index (χ0v) is 11.0. The van der Waals surface area contributed by atoms with Crippen LogP contribution in [0.1, 0.15) is 13.0 Å². The maximum absolute atomic E-state index is 11.7. The van der Waals surface area contributed by atoms with Crippen molar-refractivity contribution in [1.29, 1.82) is 0 Å². The number of hydrogen-bond acceptors (Lipinski definition) is 5. The molecule has 3 atom stereocenters. The minimum absolute atomic E-state index is 0.114. The Balaban J connectivity index is 2.33. The highest BCUT2D eigenvalue weighted by Gasteiger charge is 2.35. The van der Waals surface area contributed by atoms with Gasteiger partial charge in [-0.15, -0.1) is 0 Å². The molecule has 8 nitrogen and oxygen atoms in total. The van der Waals surface area contributed by atoms with Crippen molar-refractivity contribution < 1.29 is 19.1 Å². The molecule has 0 saturated carbocycles. The van der Waals surface area contributed by atoms with Crippen LogP contribution >= 0.6 is 7.60 Å². The third-order valence-corrected chi connectivity index (χ3v) is 3.77. The molecule has 0 amide bonds. The summed E-state index contributed by atoms with van der Waals surface area (Å²) in [5.41, 5.74) is 4.85. The molecule has 1 aromatic rings. The largest absolute Gasteiger partial charge is 0.383 e. The third kappa shape index (κ3) is 2.93. The van der Waals surface area contributed by atoms with Crippen molar-refractivity contribution in [3.63, 3.8) is 0 Å². The average Bonchev–Trinajstić information content (AvgIpc) is 2.28. The van der Waals surface area contributed by atoms with E-state index < -0.39 is 31.3 Å². The van der Waals surface area contributed by atoms with Crippen LogP contribution in [-0.2, 0) is 9.30 Å². The van der Waals surface area contributed by atoms with Gasteiger partial charge in [-0.3, -0.25) is 9.13 Å². The number of nitrogen functional groups attached to an aromatic ring is 1. The predicted octanol–water partition coefficient (Wildman–Crippen LogP) is -0.155. The topological polar surface area (TPSA) is 128 Å². The molecular formula is C10H14N3O5P. The molecule has 9 heteroatoms. The van der Waals surface area contributed by atoms with Gasteiger partial charge in [0.1, 0.15) is 5.82 Å². The van der Waals surface area contributed by atoms with E-state index in [1.54, 1.807) is 6.92 Å². The van der Waals surface area contributed by atoms with Gasteiger partial charge in [-0.25, -0.2) is 4.79 Å². The summed E-state index contributed by atoms with van der Waals surface area (Å²) in [6.07, 6.45) is 3.67. The van der Waals surface area contributed by atoms with Crippen molar-refractivity contribution >= 4 is 13.4 Å². The van der Waals surface area contributed by atoms with Crippen LogP contribution < -0.4 is 11.4 Å². The second-order valence-electron chi connectivity index (χ2n) is 4.24. The molecule has 2 heterocycles. The molecule has 1 aliphatic rings. The van der Waals surface area contributed by atoms with Crippen molar-refractivity contribution in [3.05, 3.63) is 34.9 Å². The first-order valence-electron chi connectivity index (χ1n) is 5.52. The molecule has 0 aliphatic carbocycles. The van der Waals surface area contributed by atoms with Gasteiger partial charge in [0.2, 0.25) is 0 Å². The Morgan fingerprint density at radius 1 is 1.47 bits per heavy atom. The van der Waals surface area contributed by atoms with Gasteiger partial charge in [0.25, 0.3) is 0 Å². The van der Waals surface area contributed by atoms with Crippen molar-refractivity contribution in [2.45, 2.75) is 24.9 Å². The molecule has 19 heavy (non-hydrogen) atoms. The van der Waals surface area contributed by atoms with Crippen LogP contribution in [0.5, 0.6) is 0 Å². The summed E-state index contributed by atoms with van der Waals surface area (Å²) in [6.45, 7) is 1.62. The van der Waals surface area contributed by atoms with Crippen LogP contribution in [0.15, 0.2) is 29.2 Å². The molecule has 0 radical (unpaired) electrons. The number of aromatic nitrogens is 2. The Hall–Kier alpha value is -1.47. The molecule has 3 unspecified atom stereocenters. The summed E-state index contributed by atoms with van der Waals surface area (Å²) in [5, 5.41) is 0. The van der Waals surface area contributed by atoms with E-state index in [1.165, 1.54) is 29.0 Å². The predicted molar refractivity (Wildman–Crippen MR) is 67.5 cm³/mol. The molecule has 2 rings (SSSR count). The van der Waals surface area contributed by atoms with E-state index >= 15 is 0 Å². The monoisotopic (exact) mass is 287 g/mol. The summed E-state index contributed by atoms with van der Waals surface area (Å²) in [6, 6.07) is 0.986. The van der Waals surface area contributed by atoms with E-state index in [-0.39, 0.29) is 5.82 Å². The van der Waals surface area contributed by atoms with Crippen LogP contribution in [0.2, 0.25) is 0 Å². The van der Waals surface area contributed by atoms with E-state index in [0.29, 0.717) is 0 Å². The Bertz CT molecular complexity index is 607. The van der Waals surface area contributed by atoms with E-state index in [2.05, 4.69) is 4.98 Å². The van der Waals surface area contributed by atoms with Crippen LogP contribution in [0, 0.1) is 0 Å². The van der Waals surface area contributed by atoms with E-state index in [0.717, 1.165) is 0 Å². The van der Waals surface area contributed by atoms with Crippen molar-refractivity contribution in [3.8, 4) is 0 Å². The Kier molecular flexibility index (Phi) is 3.60. The van der Waals surface area contributed by atoms with E-state index in [1.807, 2.05) is 0 Å². The number of hydrogen-bond donors (Lipinski definition) is 3. The van der Waals surface area contributed by atoms with Crippen molar-refractivity contribution in [2.75, 3.05) is 5.73 Å². The van der Waals surface area contributed by atoms with Gasteiger partial charge >= 0.3 is 13.3 Å². The number of rotatable bonds is 2. The number of nitrogens with zero attached hydrogens (tertiary/aromatic N) is 2. The van der Waals surface area contributed by atoms with Gasteiger partial charge < -0.3 is 20.3 Å². The SMILES string of the molecule is CC1OC(P(=O)(O)O)C=CC1n1ccc(N)nc1=O. The molecule has 1 aromatic heterocycles. The highest BCUT2D eigenvalue weighted by Crippen LogP contribution is 2.45. The smallest absolute Gasteiger partial charge is 0.357 e. The molecule has 0 fully saturated rings. The Morgan fingerprint density at radius 3 is 2.68 bits per heavy atom. The molecule has 0 saturated heterocycles. The lowest BCUT2D eigenvalue weighted by atomic mass is 10.1. The standard InChI is InChI=1S/C10H14N3O5P/c1-6-7(2-3-9(18-6)19(15,16)17)13-5-4-8(11)12-10(13)14/h2-7,9H,1H3,(H2,11,12,14)(H2,15,16,17). The van der Waals surface area contributed by atoms with Gasteiger partial charge in [0.15, 0.2) is 5.85 Å². The maximum atomic E-state index is 11.7. The van der Waals surface area contributed by atoms with Gasteiger partial charge in [0.05, 0.1) is 12.1 Å². The maximum Gasteiger partial charge on any atom is 0.357 e. The quantitative estimate of drug-likeness (QED) is 0.509. The normalized spacial score (nSPS) is 27.4. The van der Waals surface area contributed by atoms with Crippen molar-refractivity contribution in [2.24, 2.45) is 0 Å². The molecule has 0 aromatic carbocycles. The Labute approximate surface area is 108 Å². The second kappa shape index (κ2) is 4.90. The minimum atomic E-state index is -4.35. The molecule has 0 bridgehead atoms. The highest BCUT2D eigenvalue weighted by molar-refractivity contribution is 7.52. The first-order chi connectivity index (χ1) is 8.79. The van der Waals surface area contributed by atoms with Gasteiger partial charge in [-0.05, 0) is 19.1 Å². The fourth-order valence-electron chi connectivity index (χ4n) is 1.87. The second-order valence-corrected chi connectivity index (χ2v) is 5.93. The molecule has 4 N–H and O–H groups in total. The third-order valence-electron chi connectivity index (χ3n) is 2.81. The summed E-state index contributed by atoms with van der Waals surface area (Å²) in [4.78, 5) is 33.4. The van der Waals surface area contributed by atoms with E-state index in [9.17, 15) is 9.36 Å². The van der Waals surface area contributed by atoms with Gasteiger partial charge in [0, 0.05) is 6.20 Å². The van der Waals surface area contributed by atoms with Crippen molar-refractivity contribution in [1.82, 2.24) is 9.55 Å². The van der Waals surface area contributed by atoms with Crippen LogP contribution in [-0.4, -0.2) is 31.3 Å². The lowest BCUT2D eigenvalue weighted by Gasteiger charge is -2.31. The Morgan fingerprint density at radius 2 is 2.16 bits per heavy atom. The number of nitrogens with two attached hydrogens (primary N) is 1. The summed E-state index contributed by atoms with van der Waals surface area (Å²) in [5.74, 6) is -1.17. The average molecular weight is 287 g/mol. The zero-order valence-electron chi connectivity index (χ0n) is 10.1. The summed E-state index contributed by atoms with van der Waals surface area (Å²) < 4.78 is 17.6. The lowest BCUT2D eigenvalue weighted by Crippen LogP contribution is -2.36. The van der Waals surface area contributed by atoms with Crippen LogP contribution in [0.25, 0.3) is 0 Å². The fraction of sp³-hybridized carbons (Fsp3) is 0.400. The molecule has 0 spiro atoms. The molecule has 104 valence electrons. The van der Waals surface area contributed by atoms with Gasteiger partial charge in [-0.1, -0.05) is 6.08 Å².